The molecule has 0 aromatic heterocycles. The predicted octanol–water partition coefficient (Wildman–Crippen LogP) is 2.91. The van der Waals surface area contributed by atoms with Gasteiger partial charge in [0.05, 0.1) is 0 Å². The summed E-state index contributed by atoms with van der Waals surface area (Å²) in [6.07, 6.45) is 4.10. The lowest BCUT2D eigenvalue weighted by Crippen LogP contribution is -2.25. The van der Waals surface area contributed by atoms with Gasteiger partial charge < -0.3 is 5.32 Å². The Morgan fingerprint density at radius 2 is 2.00 bits per heavy atom. The number of carbonyl (C=O) groups is 1. The minimum absolute atomic E-state index is 0.208. The molecular weight excluding hydrogens is 266 g/mol. The molecule has 1 aliphatic rings. The summed E-state index contributed by atoms with van der Waals surface area (Å²) in [5, 5.41) is 2.97. The third-order valence-electron chi connectivity index (χ3n) is 2.82. The van der Waals surface area contributed by atoms with Gasteiger partial charge in [0.1, 0.15) is 0 Å². The van der Waals surface area contributed by atoms with Crippen LogP contribution in [0.15, 0.2) is 28.7 Å². The van der Waals surface area contributed by atoms with E-state index in [1.54, 1.807) is 0 Å². The number of rotatable bonds is 5. The van der Waals surface area contributed by atoms with E-state index in [1.165, 1.54) is 18.4 Å². The number of amides is 1. The summed E-state index contributed by atoms with van der Waals surface area (Å²) in [5.74, 6) is 0.882. The lowest BCUT2D eigenvalue weighted by atomic mass is 10.1. The fourth-order valence-electron chi connectivity index (χ4n) is 1.65. The van der Waals surface area contributed by atoms with Gasteiger partial charge in [0.25, 0.3) is 0 Å². The predicted molar refractivity (Wildman–Crippen MR) is 68.2 cm³/mol. The fourth-order valence-corrected chi connectivity index (χ4v) is 1.92. The third-order valence-corrected chi connectivity index (χ3v) is 3.35. The van der Waals surface area contributed by atoms with Crippen molar-refractivity contribution in [2.45, 2.75) is 25.7 Å². The van der Waals surface area contributed by atoms with Crippen molar-refractivity contribution in [2.24, 2.45) is 5.92 Å². The lowest BCUT2D eigenvalue weighted by Gasteiger charge is -2.04. The van der Waals surface area contributed by atoms with Crippen LogP contribution in [0.1, 0.15) is 24.8 Å². The summed E-state index contributed by atoms with van der Waals surface area (Å²) in [6.45, 7) is 0.743. The van der Waals surface area contributed by atoms with E-state index in [0.717, 1.165) is 23.9 Å². The van der Waals surface area contributed by atoms with Crippen LogP contribution in [0.2, 0.25) is 0 Å². The van der Waals surface area contributed by atoms with Gasteiger partial charge in [-0.2, -0.15) is 0 Å². The van der Waals surface area contributed by atoms with E-state index < -0.39 is 0 Å². The Kier molecular flexibility index (Phi) is 3.99. The summed E-state index contributed by atoms with van der Waals surface area (Å²) in [6, 6.07) is 8.22. The molecular formula is C13H16BrNO. The smallest absolute Gasteiger partial charge is 0.220 e. The van der Waals surface area contributed by atoms with E-state index in [-0.39, 0.29) is 5.91 Å². The van der Waals surface area contributed by atoms with E-state index in [9.17, 15) is 4.79 Å². The van der Waals surface area contributed by atoms with Crippen molar-refractivity contribution in [3.63, 3.8) is 0 Å². The molecule has 3 heteroatoms. The van der Waals surface area contributed by atoms with Gasteiger partial charge >= 0.3 is 0 Å². The molecule has 0 atom stereocenters. The molecule has 1 N–H and O–H groups in total. The quantitative estimate of drug-likeness (QED) is 0.884. The SMILES string of the molecule is O=C(CC1CC1)NCCc1ccc(Br)cc1. The van der Waals surface area contributed by atoms with Crippen LogP contribution < -0.4 is 5.32 Å². The summed E-state index contributed by atoms with van der Waals surface area (Å²) in [7, 11) is 0. The van der Waals surface area contributed by atoms with Crippen molar-refractivity contribution in [3.05, 3.63) is 34.3 Å². The van der Waals surface area contributed by atoms with Gasteiger partial charge in [-0.05, 0) is 42.9 Å². The summed E-state index contributed by atoms with van der Waals surface area (Å²) < 4.78 is 1.09. The molecule has 0 spiro atoms. The Bertz CT molecular complexity index is 357. The van der Waals surface area contributed by atoms with Gasteiger partial charge in [-0.15, -0.1) is 0 Å². The van der Waals surface area contributed by atoms with Gasteiger partial charge in [0.2, 0.25) is 5.91 Å². The molecule has 0 radical (unpaired) electrons. The molecule has 0 unspecified atom stereocenters. The fraction of sp³-hybridized carbons (Fsp3) is 0.462. The van der Waals surface area contributed by atoms with Gasteiger partial charge in [-0.1, -0.05) is 28.1 Å². The molecule has 1 saturated carbocycles. The van der Waals surface area contributed by atoms with Crippen molar-refractivity contribution in [2.75, 3.05) is 6.54 Å². The first kappa shape index (κ1) is 11.6. The maximum absolute atomic E-state index is 11.4. The highest BCUT2D eigenvalue weighted by Gasteiger charge is 2.23. The van der Waals surface area contributed by atoms with E-state index in [1.807, 2.05) is 12.1 Å². The Hall–Kier alpha value is -0.830. The summed E-state index contributed by atoms with van der Waals surface area (Å²) in [4.78, 5) is 11.4. The Balaban J connectivity index is 1.66. The molecule has 0 bridgehead atoms. The zero-order valence-electron chi connectivity index (χ0n) is 9.21. The Morgan fingerprint density at radius 1 is 1.31 bits per heavy atom. The van der Waals surface area contributed by atoms with Crippen molar-refractivity contribution < 1.29 is 4.79 Å². The van der Waals surface area contributed by atoms with E-state index in [4.69, 9.17) is 0 Å². The molecule has 0 heterocycles. The number of halogens is 1. The van der Waals surface area contributed by atoms with Crippen molar-refractivity contribution in [1.82, 2.24) is 5.32 Å². The summed E-state index contributed by atoms with van der Waals surface area (Å²) >= 11 is 3.40. The highest BCUT2D eigenvalue weighted by atomic mass is 79.9. The van der Waals surface area contributed by atoms with E-state index >= 15 is 0 Å². The first-order chi connectivity index (χ1) is 7.74. The minimum Gasteiger partial charge on any atom is -0.356 e. The average molecular weight is 282 g/mol. The minimum atomic E-state index is 0.208. The molecule has 0 saturated heterocycles. The largest absolute Gasteiger partial charge is 0.356 e. The number of hydrogen-bond acceptors (Lipinski definition) is 1. The molecule has 1 aromatic carbocycles. The second-order valence-electron chi connectivity index (χ2n) is 4.37. The van der Waals surface area contributed by atoms with Crippen LogP contribution in [0.25, 0.3) is 0 Å². The normalized spacial score (nSPS) is 14.8. The number of benzene rings is 1. The van der Waals surface area contributed by atoms with Crippen LogP contribution in [-0.2, 0) is 11.2 Å². The molecule has 1 aliphatic carbocycles. The Labute approximate surface area is 105 Å². The molecule has 0 aliphatic heterocycles. The van der Waals surface area contributed by atoms with Crippen molar-refractivity contribution in [1.29, 1.82) is 0 Å². The number of carbonyl (C=O) groups excluding carboxylic acids is 1. The second-order valence-corrected chi connectivity index (χ2v) is 5.29. The summed E-state index contributed by atoms with van der Waals surface area (Å²) in [5.41, 5.74) is 1.26. The maximum Gasteiger partial charge on any atom is 0.220 e. The van der Waals surface area contributed by atoms with Crippen molar-refractivity contribution in [3.8, 4) is 0 Å². The van der Waals surface area contributed by atoms with Crippen LogP contribution in [0.5, 0.6) is 0 Å². The standard InChI is InChI=1S/C13H16BrNO/c14-12-5-3-10(4-6-12)7-8-15-13(16)9-11-1-2-11/h3-6,11H,1-2,7-9H2,(H,15,16). The monoisotopic (exact) mass is 281 g/mol. The molecule has 86 valence electrons. The molecule has 1 aromatic rings. The topological polar surface area (TPSA) is 29.1 Å². The lowest BCUT2D eigenvalue weighted by molar-refractivity contribution is -0.121. The van der Waals surface area contributed by atoms with Crippen LogP contribution in [0.3, 0.4) is 0 Å². The second kappa shape index (κ2) is 5.48. The first-order valence-electron chi connectivity index (χ1n) is 5.75. The van der Waals surface area contributed by atoms with Gasteiger partial charge in [0, 0.05) is 17.4 Å². The molecule has 1 fully saturated rings. The van der Waals surface area contributed by atoms with Crippen LogP contribution in [-0.4, -0.2) is 12.5 Å². The number of nitrogens with one attached hydrogen (secondary N) is 1. The molecule has 2 nitrogen and oxygen atoms in total. The van der Waals surface area contributed by atoms with E-state index in [2.05, 4.69) is 33.4 Å². The molecule has 1 amide bonds. The van der Waals surface area contributed by atoms with Gasteiger partial charge in [-0.3, -0.25) is 4.79 Å². The van der Waals surface area contributed by atoms with E-state index in [0.29, 0.717) is 5.92 Å². The zero-order chi connectivity index (χ0) is 11.4. The Morgan fingerprint density at radius 3 is 2.62 bits per heavy atom. The first-order valence-corrected chi connectivity index (χ1v) is 6.54. The van der Waals surface area contributed by atoms with Crippen LogP contribution in [0, 0.1) is 5.92 Å². The zero-order valence-corrected chi connectivity index (χ0v) is 10.8. The maximum atomic E-state index is 11.4. The third kappa shape index (κ3) is 3.97. The van der Waals surface area contributed by atoms with Crippen LogP contribution in [0.4, 0.5) is 0 Å². The number of hydrogen-bond donors (Lipinski definition) is 1. The highest BCUT2D eigenvalue weighted by Crippen LogP contribution is 2.31. The van der Waals surface area contributed by atoms with Crippen LogP contribution >= 0.6 is 15.9 Å². The molecule has 16 heavy (non-hydrogen) atoms. The van der Waals surface area contributed by atoms with Gasteiger partial charge in [0.15, 0.2) is 0 Å². The molecule has 2 rings (SSSR count). The van der Waals surface area contributed by atoms with Gasteiger partial charge in [-0.25, -0.2) is 0 Å². The highest BCUT2D eigenvalue weighted by molar-refractivity contribution is 9.10. The van der Waals surface area contributed by atoms with Crippen molar-refractivity contribution >= 4 is 21.8 Å². The average Bonchev–Trinajstić information content (AvgIpc) is 3.05.